The van der Waals surface area contributed by atoms with Crippen LogP contribution in [0, 0.1) is 6.92 Å². The molecule has 0 fully saturated rings. The Morgan fingerprint density at radius 1 is 0.906 bits per heavy atom. The van der Waals surface area contributed by atoms with E-state index in [1.165, 1.54) is 0 Å². The highest BCUT2D eigenvalue weighted by Crippen LogP contribution is 2.43. The Kier molecular flexibility index (Phi) is 5.88. The summed E-state index contributed by atoms with van der Waals surface area (Å²) in [5.41, 5.74) is 1.89. The fourth-order valence-corrected chi connectivity index (χ4v) is 3.89. The zero-order chi connectivity index (χ0) is 23.0. The molecule has 0 saturated heterocycles. The molecule has 1 heterocycles. The number of hydrogen-bond acceptors (Lipinski definition) is 3. The molecule has 0 atom stereocenters. The molecule has 0 saturated carbocycles. The van der Waals surface area contributed by atoms with Gasteiger partial charge in [0.1, 0.15) is 5.69 Å². The number of aromatic hydroxyl groups is 1. The van der Waals surface area contributed by atoms with Gasteiger partial charge in [0.2, 0.25) is 5.88 Å². The van der Waals surface area contributed by atoms with Crippen LogP contribution in [0.25, 0.3) is 10.9 Å². The first-order valence-corrected chi connectivity index (χ1v) is 10.2. The largest absolute Gasteiger partial charge is 0.493 e. The van der Waals surface area contributed by atoms with Gasteiger partial charge in [0.25, 0.3) is 0 Å². The number of para-hydroxylation sites is 1. The predicted octanol–water partition coefficient (Wildman–Crippen LogP) is 8.44. The zero-order valence-electron chi connectivity index (χ0n) is 16.7. The lowest BCUT2D eigenvalue weighted by Gasteiger charge is -2.09. The first-order valence-electron chi connectivity index (χ1n) is 9.49. The molecule has 4 nitrogen and oxygen atoms in total. The van der Waals surface area contributed by atoms with Crippen LogP contribution >= 0.6 is 23.2 Å². The molecule has 9 heteroatoms. The minimum Gasteiger partial charge on any atom is -0.493 e. The van der Waals surface area contributed by atoms with Gasteiger partial charge >= 0.3 is 6.18 Å². The van der Waals surface area contributed by atoms with E-state index in [0.29, 0.717) is 11.9 Å². The van der Waals surface area contributed by atoms with Crippen LogP contribution in [-0.2, 0) is 12.7 Å². The average molecular weight is 478 g/mol. The van der Waals surface area contributed by atoms with Gasteiger partial charge in [-0.25, -0.2) is 0 Å². The summed E-state index contributed by atoms with van der Waals surface area (Å²) in [5, 5.41) is 19.0. The monoisotopic (exact) mass is 477 g/mol. The van der Waals surface area contributed by atoms with Gasteiger partial charge in [-0.3, -0.25) is 0 Å². The van der Waals surface area contributed by atoms with Gasteiger partial charge in [0.15, 0.2) is 5.69 Å². The maximum Gasteiger partial charge on any atom is 0.416 e. The van der Waals surface area contributed by atoms with Gasteiger partial charge in [-0.05, 0) is 30.7 Å². The van der Waals surface area contributed by atoms with Crippen LogP contribution in [0.5, 0.6) is 5.88 Å². The molecule has 164 valence electrons. The highest BCUT2D eigenvalue weighted by molar-refractivity contribution is 6.38. The van der Waals surface area contributed by atoms with Crippen LogP contribution in [-0.4, -0.2) is 9.67 Å². The zero-order valence-corrected chi connectivity index (χ0v) is 18.2. The van der Waals surface area contributed by atoms with Crippen molar-refractivity contribution in [2.24, 2.45) is 10.2 Å². The Morgan fingerprint density at radius 3 is 2.12 bits per heavy atom. The van der Waals surface area contributed by atoms with Gasteiger partial charge in [-0.1, -0.05) is 71.2 Å². The van der Waals surface area contributed by atoms with E-state index >= 15 is 0 Å². The van der Waals surface area contributed by atoms with Crippen molar-refractivity contribution in [1.82, 2.24) is 4.57 Å². The first-order chi connectivity index (χ1) is 15.1. The van der Waals surface area contributed by atoms with Crippen LogP contribution < -0.4 is 0 Å². The molecule has 4 aromatic rings. The number of benzene rings is 3. The lowest BCUT2D eigenvalue weighted by atomic mass is 10.1. The summed E-state index contributed by atoms with van der Waals surface area (Å²) >= 11 is 12.0. The first kappa shape index (κ1) is 22.2. The third kappa shape index (κ3) is 4.31. The summed E-state index contributed by atoms with van der Waals surface area (Å²) in [7, 11) is 0. The van der Waals surface area contributed by atoms with Crippen LogP contribution in [0.3, 0.4) is 0 Å². The third-order valence-electron chi connectivity index (χ3n) is 4.97. The molecule has 0 aliphatic carbocycles. The highest BCUT2D eigenvalue weighted by Gasteiger charge is 2.32. The fourth-order valence-electron chi connectivity index (χ4n) is 3.33. The highest BCUT2D eigenvalue weighted by atomic mass is 35.5. The molecule has 0 radical (unpaired) electrons. The topological polar surface area (TPSA) is 49.9 Å². The van der Waals surface area contributed by atoms with Gasteiger partial charge in [-0.2, -0.15) is 13.2 Å². The summed E-state index contributed by atoms with van der Waals surface area (Å²) < 4.78 is 40.5. The SMILES string of the molecule is Cc1ccc(Cn2c(O)c(N=Nc3c(Cl)cc(C(F)(F)F)cc3Cl)c3ccccc32)cc1. The number of nitrogens with zero attached hydrogens (tertiary/aromatic N) is 3. The van der Waals surface area contributed by atoms with Crippen molar-refractivity contribution >= 4 is 45.5 Å². The lowest BCUT2D eigenvalue weighted by Crippen LogP contribution is -2.04. The van der Waals surface area contributed by atoms with Crippen molar-refractivity contribution in [2.75, 3.05) is 0 Å². The van der Waals surface area contributed by atoms with Gasteiger partial charge in [-0.15, -0.1) is 10.2 Å². The number of hydrogen-bond donors (Lipinski definition) is 1. The van der Waals surface area contributed by atoms with E-state index in [1.807, 2.05) is 43.3 Å². The summed E-state index contributed by atoms with van der Waals surface area (Å²) in [6.45, 7) is 2.38. The van der Waals surface area contributed by atoms with Gasteiger partial charge in [0.05, 0.1) is 27.7 Å². The lowest BCUT2D eigenvalue weighted by molar-refractivity contribution is -0.137. The molecule has 0 amide bonds. The number of aromatic nitrogens is 1. The number of azo groups is 1. The number of rotatable bonds is 4. The summed E-state index contributed by atoms with van der Waals surface area (Å²) in [6, 6.07) is 16.6. The molecular formula is C23H16Cl2F3N3O. The van der Waals surface area contributed by atoms with E-state index in [9.17, 15) is 18.3 Å². The van der Waals surface area contributed by atoms with Crippen molar-refractivity contribution in [1.29, 1.82) is 0 Å². The van der Waals surface area contributed by atoms with Crippen molar-refractivity contribution in [3.8, 4) is 5.88 Å². The smallest absolute Gasteiger partial charge is 0.416 e. The van der Waals surface area contributed by atoms with Gasteiger partial charge < -0.3 is 9.67 Å². The molecule has 0 aliphatic heterocycles. The third-order valence-corrected chi connectivity index (χ3v) is 5.55. The Labute approximate surface area is 191 Å². The minimum atomic E-state index is -4.59. The molecule has 1 aromatic heterocycles. The van der Waals surface area contributed by atoms with Crippen molar-refractivity contribution in [3.63, 3.8) is 0 Å². The summed E-state index contributed by atoms with van der Waals surface area (Å²) in [4.78, 5) is 0. The van der Waals surface area contributed by atoms with E-state index in [-0.39, 0.29) is 27.3 Å². The number of halogens is 5. The standard InChI is InChI=1S/C23H16Cl2F3N3O/c1-13-6-8-14(9-7-13)12-31-19-5-3-2-4-16(19)20(22(31)32)29-30-21-17(24)10-15(11-18(21)25)23(26,27)28/h2-11,32H,12H2,1H3. The molecule has 0 spiro atoms. The Hall–Kier alpha value is -3.03. The predicted molar refractivity (Wildman–Crippen MR) is 120 cm³/mol. The molecular weight excluding hydrogens is 462 g/mol. The summed E-state index contributed by atoms with van der Waals surface area (Å²) in [5.74, 6) is -0.130. The van der Waals surface area contributed by atoms with Crippen molar-refractivity contribution < 1.29 is 18.3 Å². The second-order valence-corrected chi connectivity index (χ2v) is 8.06. The second kappa shape index (κ2) is 8.48. The van der Waals surface area contributed by atoms with Crippen molar-refractivity contribution in [3.05, 3.63) is 87.4 Å². The average Bonchev–Trinajstić information content (AvgIpc) is 3.00. The summed E-state index contributed by atoms with van der Waals surface area (Å²) in [6.07, 6.45) is -4.59. The van der Waals surface area contributed by atoms with Crippen LogP contribution in [0.1, 0.15) is 16.7 Å². The minimum absolute atomic E-state index is 0.115. The molecule has 0 aliphatic rings. The maximum absolute atomic E-state index is 13.0. The molecule has 0 bridgehead atoms. The second-order valence-electron chi connectivity index (χ2n) is 7.25. The van der Waals surface area contributed by atoms with E-state index in [4.69, 9.17) is 23.2 Å². The van der Waals surface area contributed by atoms with Gasteiger partial charge in [0, 0.05) is 5.39 Å². The van der Waals surface area contributed by atoms with E-state index in [0.717, 1.165) is 28.8 Å². The molecule has 3 aromatic carbocycles. The number of aryl methyl sites for hydroxylation is 1. The Bertz CT molecular complexity index is 1310. The number of alkyl halides is 3. The maximum atomic E-state index is 13.0. The van der Waals surface area contributed by atoms with Crippen LogP contribution in [0.4, 0.5) is 24.5 Å². The Morgan fingerprint density at radius 2 is 1.50 bits per heavy atom. The fraction of sp³-hybridized carbons (Fsp3) is 0.130. The molecule has 0 unspecified atom stereocenters. The number of fused-ring (bicyclic) bond motifs is 1. The van der Waals surface area contributed by atoms with E-state index in [2.05, 4.69) is 10.2 Å². The normalized spacial score (nSPS) is 12.2. The Balaban J connectivity index is 1.77. The van der Waals surface area contributed by atoms with E-state index < -0.39 is 11.7 Å². The van der Waals surface area contributed by atoms with Crippen LogP contribution in [0.15, 0.2) is 70.9 Å². The van der Waals surface area contributed by atoms with E-state index in [1.54, 1.807) is 16.7 Å². The molecule has 1 N–H and O–H groups in total. The molecule has 32 heavy (non-hydrogen) atoms. The van der Waals surface area contributed by atoms with Crippen LogP contribution in [0.2, 0.25) is 10.0 Å². The molecule has 4 rings (SSSR count). The quantitative estimate of drug-likeness (QED) is 0.294. The van der Waals surface area contributed by atoms with Crippen molar-refractivity contribution in [2.45, 2.75) is 19.6 Å².